The van der Waals surface area contributed by atoms with Crippen molar-refractivity contribution in [2.75, 3.05) is 11.4 Å². The van der Waals surface area contributed by atoms with Crippen LogP contribution < -0.4 is 4.90 Å². The van der Waals surface area contributed by atoms with Gasteiger partial charge in [0.1, 0.15) is 11.6 Å². The van der Waals surface area contributed by atoms with E-state index in [9.17, 15) is 14.3 Å². The highest BCUT2D eigenvalue weighted by molar-refractivity contribution is 14.1. The Balaban J connectivity index is 1.77. The molecule has 0 saturated carbocycles. The third-order valence-electron chi connectivity index (χ3n) is 4.37. The first-order valence-electron chi connectivity index (χ1n) is 7.77. The number of fused-ring (bicyclic) bond motifs is 1. The smallest absolute Gasteiger partial charge is 0.227 e. The van der Waals surface area contributed by atoms with Crippen molar-refractivity contribution in [3.8, 4) is 0 Å². The van der Waals surface area contributed by atoms with Crippen molar-refractivity contribution < 1.29 is 14.3 Å². The molecule has 1 N–H and O–H groups in total. The van der Waals surface area contributed by atoms with Crippen LogP contribution in [0.1, 0.15) is 28.4 Å². The topological polar surface area (TPSA) is 70.7 Å². The van der Waals surface area contributed by atoms with Crippen molar-refractivity contribution in [3.63, 3.8) is 0 Å². The number of halogens is 2. The second kappa shape index (κ2) is 6.34. The van der Waals surface area contributed by atoms with Gasteiger partial charge in [-0.25, -0.2) is 13.9 Å². The van der Waals surface area contributed by atoms with Crippen molar-refractivity contribution in [1.29, 1.82) is 0 Å². The number of aliphatic hydroxyl groups is 1. The number of hydrogen-bond donors (Lipinski definition) is 1. The van der Waals surface area contributed by atoms with Crippen LogP contribution in [0.3, 0.4) is 0 Å². The number of carbonyl (C=O) groups is 1. The van der Waals surface area contributed by atoms with Crippen LogP contribution >= 0.6 is 22.6 Å². The summed E-state index contributed by atoms with van der Waals surface area (Å²) in [5, 5.41) is 14.3. The number of aliphatic hydroxyl groups excluding tert-OH is 1. The molecule has 0 unspecified atom stereocenters. The fraction of sp³-hybridized carbons (Fsp3) is 0.235. The van der Waals surface area contributed by atoms with Crippen molar-refractivity contribution in [2.24, 2.45) is 0 Å². The first-order valence-corrected chi connectivity index (χ1v) is 8.85. The molecule has 6 nitrogen and oxygen atoms in total. The maximum Gasteiger partial charge on any atom is 0.227 e. The quantitative estimate of drug-likeness (QED) is 0.489. The van der Waals surface area contributed by atoms with Gasteiger partial charge >= 0.3 is 0 Å². The zero-order valence-corrected chi connectivity index (χ0v) is 15.2. The molecule has 1 aliphatic heterocycles. The number of benzene rings is 1. The normalized spacial score (nSPS) is 20.4. The van der Waals surface area contributed by atoms with E-state index in [4.69, 9.17) is 0 Å². The molecule has 128 valence electrons. The fourth-order valence-electron chi connectivity index (χ4n) is 3.25. The summed E-state index contributed by atoms with van der Waals surface area (Å²) in [6.45, 7) is 0.395. The Labute approximate surface area is 156 Å². The zero-order valence-electron chi connectivity index (χ0n) is 13.0. The van der Waals surface area contributed by atoms with Crippen LogP contribution in [0.4, 0.5) is 10.2 Å². The molecule has 25 heavy (non-hydrogen) atoms. The van der Waals surface area contributed by atoms with Crippen LogP contribution in [0.25, 0.3) is 5.65 Å². The summed E-state index contributed by atoms with van der Waals surface area (Å²) >= 11 is 1.71. The van der Waals surface area contributed by atoms with Gasteiger partial charge in [0.15, 0.2) is 5.65 Å². The molecule has 0 radical (unpaired) electrons. The number of aromatic nitrogens is 3. The van der Waals surface area contributed by atoms with E-state index in [0.29, 0.717) is 30.0 Å². The summed E-state index contributed by atoms with van der Waals surface area (Å²) in [5.74, 6) is 0.313. The molecule has 8 heteroatoms. The molecule has 2 aromatic heterocycles. The molecular weight excluding hydrogens is 438 g/mol. The largest absolute Gasteiger partial charge is 0.391 e. The molecule has 1 aromatic carbocycles. The first-order chi connectivity index (χ1) is 12.0. The number of carbonyl (C=O) groups excluding carboxylic acids is 1. The second-order valence-corrected chi connectivity index (χ2v) is 6.98. The number of hydrogen-bond acceptors (Lipinski definition) is 5. The third-order valence-corrected chi connectivity index (χ3v) is 4.95. The standard InChI is InChI=1S/C17H14FIN4O2/c18-11-3-1-2-10(6-11)14-7-12(24)9-22(14)15-4-5-23-17(21-15)13(8-20-23)16(19)25/h1-6,8,12,14,24H,7,9H2/t12-,14-/m1/s1. The lowest BCUT2D eigenvalue weighted by molar-refractivity contribution is 0.110. The summed E-state index contributed by atoms with van der Waals surface area (Å²) in [5.41, 5.74) is 1.69. The van der Waals surface area contributed by atoms with Crippen molar-refractivity contribution in [1.82, 2.24) is 14.6 Å². The van der Waals surface area contributed by atoms with Gasteiger partial charge in [0, 0.05) is 35.3 Å². The molecule has 0 spiro atoms. The van der Waals surface area contributed by atoms with Crippen LogP contribution in [0.5, 0.6) is 0 Å². The SMILES string of the molecule is O=C(I)c1cnn2ccc(N3C[C@H](O)C[C@@H]3c3cccc(F)c3)nc12. The Morgan fingerprint density at radius 1 is 1.36 bits per heavy atom. The molecule has 0 bridgehead atoms. The summed E-state index contributed by atoms with van der Waals surface area (Å²) in [6.07, 6.45) is 3.19. The molecule has 0 aliphatic carbocycles. The van der Waals surface area contributed by atoms with E-state index in [2.05, 4.69) is 10.1 Å². The molecule has 3 aromatic rings. The fourth-order valence-corrected chi connectivity index (χ4v) is 3.64. The molecule has 3 heterocycles. The van der Waals surface area contributed by atoms with Crippen LogP contribution in [-0.2, 0) is 0 Å². The molecule has 1 aliphatic rings. The van der Waals surface area contributed by atoms with Crippen LogP contribution in [0, 0.1) is 5.82 Å². The van der Waals surface area contributed by atoms with Crippen molar-refractivity contribution in [3.05, 3.63) is 59.7 Å². The van der Waals surface area contributed by atoms with E-state index in [1.807, 2.05) is 11.0 Å². The molecule has 1 fully saturated rings. The van der Waals surface area contributed by atoms with Crippen LogP contribution in [0.2, 0.25) is 0 Å². The van der Waals surface area contributed by atoms with E-state index in [1.54, 1.807) is 45.4 Å². The van der Waals surface area contributed by atoms with Gasteiger partial charge in [0.25, 0.3) is 0 Å². The third kappa shape index (κ3) is 2.99. The number of nitrogens with zero attached hydrogens (tertiary/aromatic N) is 4. The Morgan fingerprint density at radius 3 is 2.96 bits per heavy atom. The second-order valence-electron chi connectivity index (χ2n) is 6.00. The number of anilines is 1. The predicted molar refractivity (Wildman–Crippen MR) is 98.4 cm³/mol. The summed E-state index contributed by atoms with van der Waals surface area (Å²) in [6, 6.07) is 7.98. The minimum absolute atomic E-state index is 0.139. The highest BCUT2D eigenvalue weighted by Crippen LogP contribution is 2.36. The van der Waals surface area contributed by atoms with E-state index in [1.165, 1.54) is 18.3 Å². The average Bonchev–Trinajstić information content (AvgIpc) is 3.17. The summed E-state index contributed by atoms with van der Waals surface area (Å²) in [4.78, 5) is 18.2. The van der Waals surface area contributed by atoms with Crippen molar-refractivity contribution >= 4 is 37.8 Å². The summed E-state index contributed by atoms with van der Waals surface area (Å²) in [7, 11) is 0. The van der Waals surface area contributed by atoms with Gasteiger partial charge in [-0.1, -0.05) is 12.1 Å². The maximum atomic E-state index is 13.6. The van der Waals surface area contributed by atoms with Gasteiger partial charge in [0.2, 0.25) is 3.79 Å². The maximum absolute atomic E-state index is 13.6. The predicted octanol–water partition coefficient (Wildman–Crippen LogP) is 2.76. The van der Waals surface area contributed by atoms with Crippen molar-refractivity contribution in [2.45, 2.75) is 18.6 Å². The van der Waals surface area contributed by atoms with E-state index >= 15 is 0 Å². The van der Waals surface area contributed by atoms with E-state index < -0.39 is 6.10 Å². The zero-order chi connectivity index (χ0) is 17.6. The molecule has 2 atom stereocenters. The minimum atomic E-state index is -0.526. The van der Waals surface area contributed by atoms with Crippen LogP contribution in [-0.4, -0.2) is 36.1 Å². The Bertz CT molecular complexity index is 961. The van der Waals surface area contributed by atoms with Gasteiger partial charge in [0.05, 0.1) is 23.9 Å². The molecule has 0 amide bonds. The molecule has 4 rings (SSSR count). The van der Waals surface area contributed by atoms with E-state index in [0.717, 1.165) is 5.56 Å². The first kappa shape index (κ1) is 16.4. The van der Waals surface area contributed by atoms with Gasteiger partial charge < -0.3 is 10.0 Å². The average molecular weight is 452 g/mol. The van der Waals surface area contributed by atoms with Gasteiger partial charge in [-0.2, -0.15) is 5.10 Å². The van der Waals surface area contributed by atoms with E-state index in [-0.39, 0.29) is 15.6 Å². The van der Waals surface area contributed by atoms with Gasteiger partial charge in [-0.05, 0) is 30.2 Å². The number of rotatable bonds is 3. The van der Waals surface area contributed by atoms with Crippen LogP contribution in [0.15, 0.2) is 42.7 Å². The number of β-amino-alcohol motifs (C(OH)–C–C–N with tert-alkyl or cyclic N) is 1. The lowest BCUT2D eigenvalue weighted by Crippen LogP contribution is -2.25. The Kier molecular flexibility index (Phi) is 4.16. The highest BCUT2D eigenvalue weighted by atomic mass is 127. The molecular formula is C17H14FIN4O2. The lowest BCUT2D eigenvalue weighted by atomic mass is 10.0. The Morgan fingerprint density at radius 2 is 2.20 bits per heavy atom. The lowest BCUT2D eigenvalue weighted by Gasteiger charge is -2.25. The molecule has 1 saturated heterocycles. The highest BCUT2D eigenvalue weighted by Gasteiger charge is 2.33. The monoisotopic (exact) mass is 452 g/mol. The summed E-state index contributed by atoms with van der Waals surface area (Å²) < 4.78 is 15.0. The van der Waals surface area contributed by atoms with Gasteiger partial charge in [-0.3, -0.25) is 4.79 Å². The minimum Gasteiger partial charge on any atom is -0.391 e. The van der Waals surface area contributed by atoms with Gasteiger partial charge in [-0.15, -0.1) is 0 Å². The Hall–Kier alpha value is -2.07.